The zero-order valence-corrected chi connectivity index (χ0v) is 12.3. The Balaban J connectivity index is 1.58. The van der Waals surface area contributed by atoms with Crippen LogP contribution in [0.2, 0.25) is 0 Å². The Morgan fingerprint density at radius 1 is 1.18 bits per heavy atom. The number of nitrogens with zero attached hydrogens (tertiary/aromatic N) is 1. The van der Waals surface area contributed by atoms with Gasteiger partial charge in [0.2, 0.25) is 5.91 Å². The van der Waals surface area contributed by atoms with Gasteiger partial charge >= 0.3 is 0 Å². The fraction of sp³-hybridized carbons (Fsp3) is 0.294. The molecule has 0 bridgehead atoms. The van der Waals surface area contributed by atoms with Crippen molar-refractivity contribution < 1.29 is 9.53 Å². The summed E-state index contributed by atoms with van der Waals surface area (Å²) >= 11 is 0. The maximum Gasteiger partial charge on any atom is 0.243 e. The normalized spacial score (nSPS) is 17.9. The van der Waals surface area contributed by atoms with Gasteiger partial charge < -0.3 is 15.4 Å². The summed E-state index contributed by atoms with van der Waals surface area (Å²) in [5.74, 6) is -0.0541. The van der Waals surface area contributed by atoms with E-state index in [2.05, 4.69) is 15.6 Å². The van der Waals surface area contributed by atoms with Crippen molar-refractivity contribution in [3.05, 3.63) is 59.9 Å². The third-order valence-corrected chi connectivity index (χ3v) is 3.62. The molecule has 114 valence electrons. The summed E-state index contributed by atoms with van der Waals surface area (Å²) in [5.41, 5.74) is 3.22. The Kier molecular flexibility index (Phi) is 4.78. The lowest BCUT2D eigenvalue weighted by atomic mass is 10.1. The van der Waals surface area contributed by atoms with Gasteiger partial charge in [0.25, 0.3) is 0 Å². The number of pyridine rings is 1. The lowest BCUT2D eigenvalue weighted by Crippen LogP contribution is -2.48. The average Bonchev–Trinajstić information content (AvgIpc) is 2.58. The molecule has 5 nitrogen and oxygen atoms in total. The first-order valence-corrected chi connectivity index (χ1v) is 7.41. The van der Waals surface area contributed by atoms with Gasteiger partial charge in [-0.15, -0.1) is 0 Å². The molecular formula is C17H19N3O2. The second-order valence-corrected chi connectivity index (χ2v) is 5.30. The summed E-state index contributed by atoms with van der Waals surface area (Å²) in [4.78, 5) is 16.1. The summed E-state index contributed by atoms with van der Waals surface area (Å²) in [7, 11) is 0. The molecule has 0 saturated carbocycles. The van der Waals surface area contributed by atoms with E-state index in [1.54, 1.807) is 12.4 Å². The molecule has 3 rings (SSSR count). The van der Waals surface area contributed by atoms with Crippen LogP contribution in [0.1, 0.15) is 11.1 Å². The lowest BCUT2D eigenvalue weighted by molar-refractivity contribution is -0.120. The number of benzene rings is 1. The first-order chi connectivity index (χ1) is 10.8. The highest BCUT2D eigenvalue weighted by Crippen LogP contribution is 2.13. The highest BCUT2D eigenvalue weighted by Gasteiger charge is 2.20. The quantitative estimate of drug-likeness (QED) is 0.900. The molecule has 1 fully saturated rings. The minimum absolute atomic E-state index is 0.0541. The first-order valence-electron chi connectivity index (χ1n) is 7.41. The number of aromatic nitrogens is 1. The molecular weight excluding hydrogens is 278 g/mol. The van der Waals surface area contributed by atoms with Crippen LogP contribution in [0.15, 0.2) is 48.8 Å². The van der Waals surface area contributed by atoms with Crippen molar-refractivity contribution in [2.75, 3.05) is 25.1 Å². The van der Waals surface area contributed by atoms with Crippen molar-refractivity contribution in [2.24, 2.45) is 0 Å². The number of amides is 1. The summed E-state index contributed by atoms with van der Waals surface area (Å²) in [6.45, 7) is 1.79. The summed E-state index contributed by atoms with van der Waals surface area (Å²) in [6, 6.07) is 11.7. The zero-order valence-electron chi connectivity index (χ0n) is 12.3. The molecule has 1 unspecified atom stereocenters. The molecule has 1 aromatic carbocycles. The van der Waals surface area contributed by atoms with Crippen LogP contribution in [0.3, 0.4) is 0 Å². The third-order valence-electron chi connectivity index (χ3n) is 3.62. The molecule has 0 spiro atoms. The summed E-state index contributed by atoms with van der Waals surface area (Å²) in [6.07, 6.45) is 4.45. The smallest absolute Gasteiger partial charge is 0.243 e. The van der Waals surface area contributed by atoms with Gasteiger partial charge in [0.15, 0.2) is 0 Å². The maximum absolute atomic E-state index is 12.1. The van der Waals surface area contributed by atoms with Crippen molar-refractivity contribution in [3.8, 4) is 0 Å². The molecule has 1 amide bonds. The van der Waals surface area contributed by atoms with E-state index in [0.717, 1.165) is 12.1 Å². The predicted octanol–water partition coefficient (Wildman–Crippen LogP) is 1.60. The van der Waals surface area contributed by atoms with Crippen LogP contribution in [0.4, 0.5) is 5.69 Å². The second kappa shape index (κ2) is 7.15. The Morgan fingerprint density at radius 2 is 1.91 bits per heavy atom. The van der Waals surface area contributed by atoms with Crippen molar-refractivity contribution in [2.45, 2.75) is 12.5 Å². The minimum Gasteiger partial charge on any atom is -0.378 e. The highest BCUT2D eigenvalue weighted by molar-refractivity contribution is 5.95. The monoisotopic (exact) mass is 297 g/mol. The first kappa shape index (κ1) is 14.7. The largest absolute Gasteiger partial charge is 0.378 e. The van der Waals surface area contributed by atoms with Crippen LogP contribution in [0.25, 0.3) is 0 Å². The fourth-order valence-corrected chi connectivity index (χ4v) is 2.41. The number of anilines is 1. The molecule has 1 atom stereocenters. The van der Waals surface area contributed by atoms with Crippen molar-refractivity contribution in [1.29, 1.82) is 0 Å². The summed E-state index contributed by atoms with van der Waals surface area (Å²) < 4.78 is 5.30. The molecule has 2 aromatic rings. The van der Waals surface area contributed by atoms with E-state index in [0.29, 0.717) is 19.8 Å². The van der Waals surface area contributed by atoms with Gasteiger partial charge in [-0.25, -0.2) is 0 Å². The second-order valence-electron chi connectivity index (χ2n) is 5.30. The molecule has 0 aliphatic carbocycles. The maximum atomic E-state index is 12.1. The number of morpholine rings is 1. The lowest BCUT2D eigenvalue weighted by Gasteiger charge is -2.22. The molecule has 1 aromatic heterocycles. The van der Waals surface area contributed by atoms with Gasteiger partial charge in [0.1, 0.15) is 6.04 Å². The number of ether oxygens (including phenoxy) is 1. The Hall–Kier alpha value is -2.24. The Labute approximate surface area is 129 Å². The van der Waals surface area contributed by atoms with Gasteiger partial charge in [-0.2, -0.15) is 0 Å². The number of carbonyl (C=O) groups is 1. The van der Waals surface area contributed by atoms with Gasteiger partial charge in [-0.1, -0.05) is 12.1 Å². The molecule has 5 heteroatoms. The van der Waals surface area contributed by atoms with Crippen LogP contribution >= 0.6 is 0 Å². The van der Waals surface area contributed by atoms with E-state index in [4.69, 9.17) is 4.74 Å². The van der Waals surface area contributed by atoms with E-state index < -0.39 is 0 Å². The number of rotatable bonds is 4. The molecule has 1 saturated heterocycles. The topological polar surface area (TPSA) is 63.2 Å². The van der Waals surface area contributed by atoms with Crippen molar-refractivity contribution in [3.63, 3.8) is 0 Å². The number of carbonyl (C=O) groups excluding carboxylic acids is 1. The van der Waals surface area contributed by atoms with Gasteiger partial charge in [-0.05, 0) is 41.8 Å². The molecule has 1 aliphatic rings. The zero-order chi connectivity index (χ0) is 15.2. The average molecular weight is 297 g/mol. The standard InChI is InChI=1S/C17H19N3O2/c21-17(16-12-22-10-9-19-16)20-15-3-1-13(2-4-15)11-14-5-7-18-8-6-14/h1-8,16,19H,9-12H2,(H,20,21). The van der Waals surface area contributed by atoms with Crippen LogP contribution in [-0.2, 0) is 16.0 Å². The van der Waals surface area contributed by atoms with E-state index in [-0.39, 0.29) is 11.9 Å². The van der Waals surface area contributed by atoms with Crippen LogP contribution < -0.4 is 10.6 Å². The molecule has 0 radical (unpaired) electrons. The fourth-order valence-electron chi connectivity index (χ4n) is 2.41. The molecule has 1 aliphatic heterocycles. The van der Waals surface area contributed by atoms with Crippen LogP contribution in [0, 0.1) is 0 Å². The Morgan fingerprint density at radius 3 is 2.59 bits per heavy atom. The SMILES string of the molecule is O=C(Nc1ccc(Cc2ccncc2)cc1)C1COCCN1. The van der Waals surface area contributed by atoms with E-state index >= 15 is 0 Å². The van der Waals surface area contributed by atoms with Crippen molar-refractivity contribution >= 4 is 11.6 Å². The Bertz CT molecular complexity index is 608. The molecule has 22 heavy (non-hydrogen) atoms. The van der Waals surface area contributed by atoms with E-state index in [1.165, 1.54) is 11.1 Å². The van der Waals surface area contributed by atoms with Gasteiger partial charge in [0.05, 0.1) is 13.2 Å². The van der Waals surface area contributed by atoms with Crippen LogP contribution in [0.5, 0.6) is 0 Å². The highest BCUT2D eigenvalue weighted by atomic mass is 16.5. The third kappa shape index (κ3) is 3.90. The minimum atomic E-state index is -0.273. The summed E-state index contributed by atoms with van der Waals surface area (Å²) in [5, 5.41) is 6.05. The van der Waals surface area contributed by atoms with Crippen LogP contribution in [-0.4, -0.2) is 36.7 Å². The predicted molar refractivity (Wildman–Crippen MR) is 84.7 cm³/mol. The number of hydrogen-bond donors (Lipinski definition) is 2. The van der Waals surface area contributed by atoms with Crippen molar-refractivity contribution in [1.82, 2.24) is 10.3 Å². The van der Waals surface area contributed by atoms with Gasteiger partial charge in [-0.3, -0.25) is 9.78 Å². The van der Waals surface area contributed by atoms with E-state index in [9.17, 15) is 4.79 Å². The molecule has 2 heterocycles. The van der Waals surface area contributed by atoms with Gasteiger partial charge in [0, 0.05) is 24.6 Å². The number of hydrogen-bond acceptors (Lipinski definition) is 4. The number of nitrogens with one attached hydrogen (secondary N) is 2. The molecule has 2 N–H and O–H groups in total. The van der Waals surface area contributed by atoms with E-state index in [1.807, 2.05) is 36.4 Å².